The fourth-order valence-electron chi connectivity index (χ4n) is 3.68. The maximum Gasteiger partial charge on any atom is 0.234 e. The number of ether oxygens (including phenoxy) is 2. The maximum atomic E-state index is 12.4. The van der Waals surface area contributed by atoms with E-state index < -0.39 is 0 Å². The third kappa shape index (κ3) is 8.16. The van der Waals surface area contributed by atoms with Crippen molar-refractivity contribution in [2.24, 2.45) is 5.92 Å². The second kappa shape index (κ2) is 13.1. The molecule has 32 heavy (non-hydrogen) atoms. The fraction of sp³-hybridized carbons (Fsp3) is 0.500. The van der Waals surface area contributed by atoms with Crippen LogP contribution >= 0.6 is 11.3 Å². The predicted octanol–water partition coefficient (Wildman–Crippen LogP) is 2.71. The average molecular weight is 460 g/mol. The van der Waals surface area contributed by atoms with E-state index in [1.54, 1.807) is 11.3 Å². The third-order valence-corrected chi connectivity index (χ3v) is 6.34. The van der Waals surface area contributed by atoms with Crippen molar-refractivity contribution in [1.82, 2.24) is 15.5 Å². The summed E-state index contributed by atoms with van der Waals surface area (Å²) >= 11 is 1.72. The van der Waals surface area contributed by atoms with Gasteiger partial charge in [-0.15, -0.1) is 11.3 Å². The number of rotatable bonds is 12. The van der Waals surface area contributed by atoms with Crippen molar-refractivity contribution in [3.63, 3.8) is 0 Å². The van der Waals surface area contributed by atoms with Gasteiger partial charge in [-0.3, -0.25) is 14.5 Å². The molecule has 8 heteroatoms. The molecular weight excluding hydrogens is 426 g/mol. The molecule has 0 spiro atoms. The molecule has 1 saturated heterocycles. The molecule has 1 aromatic heterocycles. The van der Waals surface area contributed by atoms with E-state index in [1.807, 2.05) is 37.3 Å². The standard InChI is InChI=1S/C24H33N3O4S/c1-2-30-20-5-7-21(8-6-20)31-16-13-25-23(28)18-27-14-10-19(11-15-27)24(29)26-12-9-22-4-3-17-32-22/h3-8,17,19H,2,9-16,18H2,1H3,(H,25,28)(H,26,29). The lowest BCUT2D eigenvalue weighted by Crippen LogP contribution is -2.45. The second-order valence-corrected chi connectivity index (χ2v) is 8.81. The Hall–Kier alpha value is -2.58. The summed E-state index contributed by atoms with van der Waals surface area (Å²) in [5.41, 5.74) is 0. The molecule has 2 N–H and O–H groups in total. The molecule has 0 saturated carbocycles. The van der Waals surface area contributed by atoms with E-state index in [-0.39, 0.29) is 17.7 Å². The molecule has 0 aliphatic carbocycles. The van der Waals surface area contributed by atoms with Gasteiger partial charge in [0.2, 0.25) is 11.8 Å². The number of likely N-dealkylation sites (tertiary alicyclic amines) is 1. The van der Waals surface area contributed by atoms with Crippen molar-refractivity contribution in [3.8, 4) is 11.5 Å². The smallest absolute Gasteiger partial charge is 0.234 e. The molecule has 2 amide bonds. The van der Waals surface area contributed by atoms with Gasteiger partial charge in [0.05, 0.1) is 19.7 Å². The highest BCUT2D eigenvalue weighted by Crippen LogP contribution is 2.18. The Kier molecular flexibility index (Phi) is 9.84. The number of benzene rings is 1. The maximum absolute atomic E-state index is 12.4. The van der Waals surface area contributed by atoms with Gasteiger partial charge < -0.3 is 20.1 Å². The van der Waals surface area contributed by atoms with E-state index in [1.165, 1.54) is 4.88 Å². The summed E-state index contributed by atoms with van der Waals surface area (Å²) in [5.74, 6) is 1.72. The molecule has 1 aromatic carbocycles. The van der Waals surface area contributed by atoms with Gasteiger partial charge in [-0.25, -0.2) is 0 Å². The van der Waals surface area contributed by atoms with Gasteiger partial charge in [0, 0.05) is 17.3 Å². The van der Waals surface area contributed by atoms with E-state index in [9.17, 15) is 9.59 Å². The lowest BCUT2D eigenvalue weighted by atomic mass is 9.96. The number of hydrogen-bond acceptors (Lipinski definition) is 6. The molecule has 1 aliphatic heterocycles. The van der Waals surface area contributed by atoms with Crippen molar-refractivity contribution in [3.05, 3.63) is 46.7 Å². The molecule has 3 rings (SSSR count). The highest BCUT2D eigenvalue weighted by Gasteiger charge is 2.25. The molecule has 7 nitrogen and oxygen atoms in total. The van der Waals surface area contributed by atoms with Crippen LogP contribution in [0, 0.1) is 5.92 Å². The topological polar surface area (TPSA) is 79.9 Å². The van der Waals surface area contributed by atoms with E-state index in [4.69, 9.17) is 9.47 Å². The number of piperidine rings is 1. The first-order valence-electron chi connectivity index (χ1n) is 11.3. The predicted molar refractivity (Wildman–Crippen MR) is 126 cm³/mol. The normalized spacial score (nSPS) is 14.7. The lowest BCUT2D eigenvalue weighted by molar-refractivity contribution is -0.126. The molecule has 0 atom stereocenters. The molecule has 2 aromatic rings. The molecular formula is C24H33N3O4S. The first-order valence-corrected chi connectivity index (χ1v) is 12.2. The number of nitrogens with one attached hydrogen (secondary N) is 2. The zero-order valence-corrected chi connectivity index (χ0v) is 19.5. The Morgan fingerprint density at radius 2 is 1.75 bits per heavy atom. The largest absolute Gasteiger partial charge is 0.494 e. The van der Waals surface area contributed by atoms with Crippen LogP contribution in [0.15, 0.2) is 41.8 Å². The molecule has 1 fully saturated rings. The Labute approximate surface area is 194 Å². The SMILES string of the molecule is CCOc1ccc(OCCNC(=O)CN2CCC(C(=O)NCCc3cccs3)CC2)cc1. The molecule has 174 valence electrons. The molecule has 0 bridgehead atoms. The van der Waals surface area contributed by atoms with Crippen LogP contribution in [-0.4, -0.2) is 62.7 Å². The number of hydrogen-bond donors (Lipinski definition) is 2. The Balaban J connectivity index is 1.24. The van der Waals surface area contributed by atoms with Crippen LogP contribution in [0.4, 0.5) is 0 Å². The van der Waals surface area contributed by atoms with Crippen molar-refractivity contribution >= 4 is 23.2 Å². The number of carbonyl (C=O) groups excluding carboxylic acids is 2. The number of carbonyl (C=O) groups is 2. The molecule has 1 aliphatic rings. The Morgan fingerprint density at radius 3 is 2.41 bits per heavy atom. The minimum absolute atomic E-state index is 0.0147. The van der Waals surface area contributed by atoms with E-state index >= 15 is 0 Å². The van der Waals surface area contributed by atoms with Crippen LogP contribution in [0.1, 0.15) is 24.6 Å². The second-order valence-electron chi connectivity index (χ2n) is 7.77. The molecule has 0 radical (unpaired) electrons. The zero-order chi connectivity index (χ0) is 22.6. The first-order chi connectivity index (χ1) is 15.6. The zero-order valence-electron chi connectivity index (χ0n) is 18.7. The monoisotopic (exact) mass is 459 g/mol. The highest BCUT2D eigenvalue weighted by molar-refractivity contribution is 7.09. The summed E-state index contributed by atoms with van der Waals surface area (Å²) in [5, 5.41) is 8.00. The Bertz CT molecular complexity index is 818. The summed E-state index contributed by atoms with van der Waals surface area (Å²) in [6, 6.07) is 11.6. The van der Waals surface area contributed by atoms with Crippen molar-refractivity contribution in [2.45, 2.75) is 26.2 Å². The van der Waals surface area contributed by atoms with Gasteiger partial charge in [0.25, 0.3) is 0 Å². The number of amides is 2. The van der Waals surface area contributed by atoms with Gasteiger partial charge in [0.15, 0.2) is 0 Å². The summed E-state index contributed by atoms with van der Waals surface area (Å²) in [6.07, 6.45) is 2.46. The quantitative estimate of drug-likeness (QED) is 0.477. The van der Waals surface area contributed by atoms with Gasteiger partial charge >= 0.3 is 0 Å². The average Bonchev–Trinajstić information content (AvgIpc) is 3.32. The van der Waals surface area contributed by atoms with Gasteiger partial charge in [0.1, 0.15) is 18.1 Å². The number of thiophene rings is 1. The summed E-state index contributed by atoms with van der Waals surface area (Å²) in [6.45, 7) is 6.00. The summed E-state index contributed by atoms with van der Waals surface area (Å²) in [4.78, 5) is 28.0. The van der Waals surface area contributed by atoms with Gasteiger partial charge in [-0.05, 0) is 75.0 Å². The van der Waals surface area contributed by atoms with Crippen LogP contribution in [0.25, 0.3) is 0 Å². The summed E-state index contributed by atoms with van der Waals surface area (Å²) in [7, 11) is 0. The fourth-order valence-corrected chi connectivity index (χ4v) is 4.39. The van der Waals surface area contributed by atoms with E-state index in [2.05, 4.69) is 27.0 Å². The van der Waals surface area contributed by atoms with E-state index in [0.29, 0.717) is 32.8 Å². The van der Waals surface area contributed by atoms with Gasteiger partial charge in [-0.2, -0.15) is 0 Å². The van der Waals surface area contributed by atoms with Gasteiger partial charge in [-0.1, -0.05) is 6.07 Å². The third-order valence-electron chi connectivity index (χ3n) is 5.40. The highest BCUT2D eigenvalue weighted by atomic mass is 32.1. The molecule has 0 unspecified atom stereocenters. The van der Waals surface area contributed by atoms with Crippen LogP contribution < -0.4 is 20.1 Å². The van der Waals surface area contributed by atoms with Crippen LogP contribution in [0.5, 0.6) is 11.5 Å². The minimum Gasteiger partial charge on any atom is -0.494 e. The van der Waals surface area contributed by atoms with Crippen molar-refractivity contribution in [2.75, 3.05) is 45.9 Å². The van der Waals surface area contributed by atoms with Crippen molar-refractivity contribution < 1.29 is 19.1 Å². The van der Waals surface area contributed by atoms with Crippen LogP contribution in [0.2, 0.25) is 0 Å². The van der Waals surface area contributed by atoms with Crippen LogP contribution in [-0.2, 0) is 16.0 Å². The number of nitrogens with zero attached hydrogens (tertiary/aromatic N) is 1. The van der Waals surface area contributed by atoms with Crippen molar-refractivity contribution in [1.29, 1.82) is 0 Å². The van der Waals surface area contributed by atoms with Crippen LogP contribution in [0.3, 0.4) is 0 Å². The minimum atomic E-state index is -0.0147. The first kappa shape index (κ1) is 24.1. The Morgan fingerprint density at radius 1 is 1.03 bits per heavy atom. The molecule has 2 heterocycles. The summed E-state index contributed by atoms with van der Waals surface area (Å²) < 4.78 is 11.0. The lowest BCUT2D eigenvalue weighted by Gasteiger charge is -2.30. The van der Waals surface area contributed by atoms with E-state index in [0.717, 1.165) is 43.9 Å².